The van der Waals surface area contributed by atoms with Crippen molar-refractivity contribution in [2.75, 3.05) is 24.5 Å². The molecule has 0 bridgehead atoms. The lowest BCUT2D eigenvalue weighted by Gasteiger charge is -2.33. The average molecular weight is 342 g/mol. The van der Waals surface area contributed by atoms with Gasteiger partial charge in [0.25, 0.3) is 11.8 Å². The summed E-state index contributed by atoms with van der Waals surface area (Å²) in [6.07, 6.45) is 5.01. The van der Waals surface area contributed by atoms with Gasteiger partial charge in [-0.15, -0.1) is 0 Å². The molecule has 1 saturated heterocycles. The van der Waals surface area contributed by atoms with Gasteiger partial charge >= 0.3 is 0 Å². The molecule has 1 fully saturated rings. The van der Waals surface area contributed by atoms with Gasteiger partial charge in [-0.05, 0) is 37.8 Å². The van der Waals surface area contributed by atoms with Crippen LogP contribution in [0.25, 0.3) is 0 Å². The number of aromatic amines is 1. The monoisotopic (exact) mass is 342 g/mol. The predicted molar refractivity (Wildman–Crippen MR) is 93.3 cm³/mol. The number of aromatic nitrogens is 3. The molecule has 0 unspecified atom stereocenters. The van der Waals surface area contributed by atoms with E-state index in [1.165, 1.54) is 6.33 Å². The molecule has 2 aromatic heterocycles. The number of H-pyrrole nitrogens is 1. The molecule has 0 saturated carbocycles. The van der Waals surface area contributed by atoms with Crippen LogP contribution in [0.2, 0.25) is 0 Å². The summed E-state index contributed by atoms with van der Waals surface area (Å²) in [5.74, 6) is 0.415. The molecule has 1 aliphatic heterocycles. The highest BCUT2D eigenvalue weighted by atomic mass is 16.2. The molecule has 0 atom stereocenters. The number of piperidine rings is 1. The van der Waals surface area contributed by atoms with Gasteiger partial charge in [-0.3, -0.25) is 9.59 Å². The van der Waals surface area contributed by atoms with E-state index in [0.29, 0.717) is 29.5 Å². The van der Waals surface area contributed by atoms with Crippen molar-refractivity contribution in [3.63, 3.8) is 0 Å². The van der Waals surface area contributed by atoms with Gasteiger partial charge in [-0.2, -0.15) is 0 Å². The van der Waals surface area contributed by atoms with E-state index in [2.05, 4.69) is 25.2 Å². The van der Waals surface area contributed by atoms with E-state index in [4.69, 9.17) is 5.73 Å². The molecule has 8 nitrogen and oxygen atoms in total. The van der Waals surface area contributed by atoms with E-state index in [1.807, 2.05) is 6.92 Å². The second-order valence-electron chi connectivity index (χ2n) is 6.26. The third kappa shape index (κ3) is 3.78. The first-order chi connectivity index (χ1) is 12.1. The van der Waals surface area contributed by atoms with Gasteiger partial charge in [0.15, 0.2) is 0 Å². The molecule has 132 valence electrons. The van der Waals surface area contributed by atoms with Crippen molar-refractivity contribution >= 4 is 17.6 Å². The number of pyridine rings is 1. The molecule has 0 spiro atoms. The quantitative estimate of drug-likeness (QED) is 0.745. The predicted octanol–water partition coefficient (Wildman–Crippen LogP) is 0.858. The van der Waals surface area contributed by atoms with Crippen LogP contribution in [0.15, 0.2) is 24.7 Å². The first-order valence-corrected chi connectivity index (χ1v) is 8.34. The summed E-state index contributed by atoms with van der Waals surface area (Å²) < 4.78 is 0. The molecule has 0 aromatic carbocycles. The van der Waals surface area contributed by atoms with Crippen LogP contribution in [0.3, 0.4) is 0 Å². The number of nitrogens with zero attached hydrogens (tertiary/aromatic N) is 3. The molecule has 8 heteroatoms. The van der Waals surface area contributed by atoms with Crippen LogP contribution >= 0.6 is 0 Å². The SMILES string of the molecule is Cc1[nH]cnc1C(=O)NCC1CCN(c2ncccc2C(N)=O)CC1. The number of nitrogens with one attached hydrogen (secondary N) is 2. The Hall–Kier alpha value is -2.90. The van der Waals surface area contributed by atoms with Gasteiger partial charge in [0, 0.05) is 31.5 Å². The van der Waals surface area contributed by atoms with E-state index in [9.17, 15) is 9.59 Å². The van der Waals surface area contributed by atoms with E-state index < -0.39 is 5.91 Å². The average Bonchev–Trinajstić information content (AvgIpc) is 3.06. The Balaban J connectivity index is 1.53. The Kier molecular flexibility index (Phi) is 4.97. The van der Waals surface area contributed by atoms with E-state index >= 15 is 0 Å². The highest BCUT2D eigenvalue weighted by Crippen LogP contribution is 2.24. The van der Waals surface area contributed by atoms with Crippen LogP contribution in [0.5, 0.6) is 0 Å². The second-order valence-corrected chi connectivity index (χ2v) is 6.26. The van der Waals surface area contributed by atoms with Crippen LogP contribution in [0.4, 0.5) is 5.82 Å². The van der Waals surface area contributed by atoms with E-state index in [1.54, 1.807) is 18.3 Å². The number of carbonyl (C=O) groups excluding carboxylic acids is 2. The smallest absolute Gasteiger partial charge is 0.271 e. The Morgan fingerprint density at radius 2 is 2.12 bits per heavy atom. The molecule has 4 N–H and O–H groups in total. The summed E-state index contributed by atoms with van der Waals surface area (Å²) in [6.45, 7) is 3.99. The zero-order valence-corrected chi connectivity index (χ0v) is 14.2. The number of anilines is 1. The fraction of sp³-hybridized carbons (Fsp3) is 0.412. The maximum atomic E-state index is 12.1. The summed E-state index contributed by atoms with van der Waals surface area (Å²) in [4.78, 5) is 37.0. The van der Waals surface area contributed by atoms with Crippen molar-refractivity contribution in [2.24, 2.45) is 11.7 Å². The van der Waals surface area contributed by atoms with Crippen LogP contribution < -0.4 is 16.0 Å². The minimum Gasteiger partial charge on any atom is -0.365 e. The largest absolute Gasteiger partial charge is 0.365 e. The van der Waals surface area contributed by atoms with Gasteiger partial charge in [0.05, 0.1) is 11.9 Å². The topological polar surface area (TPSA) is 117 Å². The maximum Gasteiger partial charge on any atom is 0.271 e. The summed E-state index contributed by atoms with van der Waals surface area (Å²) in [7, 11) is 0. The highest BCUT2D eigenvalue weighted by molar-refractivity contribution is 5.97. The number of nitrogens with two attached hydrogens (primary N) is 1. The lowest BCUT2D eigenvalue weighted by atomic mass is 9.96. The first-order valence-electron chi connectivity index (χ1n) is 8.34. The zero-order valence-electron chi connectivity index (χ0n) is 14.2. The van der Waals surface area contributed by atoms with E-state index in [-0.39, 0.29) is 5.91 Å². The molecule has 25 heavy (non-hydrogen) atoms. The molecule has 2 aromatic rings. The Bertz CT molecular complexity index is 764. The minimum atomic E-state index is -0.466. The van der Waals surface area contributed by atoms with Crippen molar-refractivity contribution in [1.82, 2.24) is 20.3 Å². The summed E-state index contributed by atoms with van der Waals surface area (Å²) >= 11 is 0. The van der Waals surface area contributed by atoms with Gasteiger partial charge in [0.1, 0.15) is 11.5 Å². The molecule has 0 aliphatic carbocycles. The molecular weight excluding hydrogens is 320 g/mol. The summed E-state index contributed by atoms with van der Waals surface area (Å²) in [5.41, 5.74) is 7.08. The normalized spacial score (nSPS) is 15.2. The fourth-order valence-corrected chi connectivity index (χ4v) is 3.10. The van der Waals surface area contributed by atoms with Gasteiger partial charge < -0.3 is 20.9 Å². The number of amides is 2. The van der Waals surface area contributed by atoms with Crippen molar-refractivity contribution in [3.8, 4) is 0 Å². The lowest BCUT2D eigenvalue weighted by molar-refractivity contribution is 0.0938. The Labute approximate surface area is 145 Å². The third-order valence-corrected chi connectivity index (χ3v) is 4.56. The van der Waals surface area contributed by atoms with Crippen LogP contribution in [0, 0.1) is 12.8 Å². The number of hydrogen-bond donors (Lipinski definition) is 3. The van der Waals surface area contributed by atoms with Crippen molar-refractivity contribution < 1.29 is 9.59 Å². The standard InChI is InChI=1S/C17H22N6O2/c1-11-14(22-10-21-11)17(25)20-9-12-4-7-23(8-5-12)16-13(15(18)24)3-2-6-19-16/h2-3,6,10,12H,4-5,7-9H2,1H3,(H2,18,24)(H,20,25)(H,21,22). The van der Waals surface area contributed by atoms with Crippen LogP contribution in [-0.2, 0) is 0 Å². The lowest BCUT2D eigenvalue weighted by Crippen LogP contribution is -2.40. The number of imidazole rings is 1. The first kappa shape index (κ1) is 16.9. The molecule has 3 heterocycles. The summed E-state index contributed by atoms with van der Waals surface area (Å²) in [6, 6.07) is 3.41. The van der Waals surface area contributed by atoms with Gasteiger partial charge in [0.2, 0.25) is 0 Å². The molecule has 1 aliphatic rings. The number of rotatable bonds is 5. The van der Waals surface area contributed by atoms with Crippen LogP contribution in [0.1, 0.15) is 39.4 Å². The Morgan fingerprint density at radius 3 is 2.76 bits per heavy atom. The van der Waals surface area contributed by atoms with E-state index in [0.717, 1.165) is 31.6 Å². The minimum absolute atomic E-state index is 0.151. The molecule has 2 amide bonds. The zero-order chi connectivity index (χ0) is 17.8. The van der Waals surface area contributed by atoms with Crippen molar-refractivity contribution in [3.05, 3.63) is 41.6 Å². The number of aryl methyl sites for hydroxylation is 1. The molecular formula is C17H22N6O2. The summed E-state index contributed by atoms with van der Waals surface area (Å²) in [5, 5.41) is 2.95. The number of primary amides is 1. The molecule has 3 rings (SSSR count). The van der Waals surface area contributed by atoms with Crippen LogP contribution in [-0.4, -0.2) is 46.4 Å². The number of hydrogen-bond acceptors (Lipinski definition) is 5. The number of carbonyl (C=O) groups is 2. The maximum absolute atomic E-state index is 12.1. The van der Waals surface area contributed by atoms with Gasteiger partial charge in [-0.1, -0.05) is 0 Å². The molecule has 0 radical (unpaired) electrons. The second kappa shape index (κ2) is 7.33. The Morgan fingerprint density at radius 1 is 1.36 bits per heavy atom. The van der Waals surface area contributed by atoms with Crippen molar-refractivity contribution in [2.45, 2.75) is 19.8 Å². The van der Waals surface area contributed by atoms with Gasteiger partial charge in [-0.25, -0.2) is 9.97 Å². The van der Waals surface area contributed by atoms with Crippen molar-refractivity contribution in [1.29, 1.82) is 0 Å². The third-order valence-electron chi connectivity index (χ3n) is 4.56. The fourth-order valence-electron chi connectivity index (χ4n) is 3.10. The highest BCUT2D eigenvalue weighted by Gasteiger charge is 2.24.